The predicted octanol–water partition coefficient (Wildman–Crippen LogP) is 4.03. The minimum absolute atomic E-state index is 0.421. The summed E-state index contributed by atoms with van der Waals surface area (Å²) in [5.41, 5.74) is 3.27. The molecule has 0 aliphatic heterocycles. The number of anilines is 1. The molecule has 1 N–H and O–H groups in total. The van der Waals surface area contributed by atoms with Crippen LogP contribution in [0.1, 0.15) is 24.2 Å². The number of halogens is 1. The second kappa shape index (κ2) is 6.09. The molecule has 0 radical (unpaired) electrons. The summed E-state index contributed by atoms with van der Waals surface area (Å²) in [5, 5.41) is 10.2. The summed E-state index contributed by atoms with van der Waals surface area (Å²) in [6, 6.07) is 15.8. The van der Waals surface area contributed by atoms with Crippen LogP contribution in [0.25, 0.3) is 0 Å². The highest BCUT2D eigenvalue weighted by Crippen LogP contribution is 2.20. The van der Waals surface area contributed by atoms with E-state index in [1.165, 1.54) is 5.56 Å². The van der Waals surface area contributed by atoms with Crippen LogP contribution in [0.4, 0.5) is 5.69 Å². The third kappa shape index (κ3) is 3.72. The maximum atomic E-state index is 9.49. The van der Waals surface area contributed by atoms with Gasteiger partial charge in [-0.15, -0.1) is 0 Å². The van der Waals surface area contributed by atoms with E-state index in [2.05, 4.69) is 4.90 Å². The molecule has 0 aromatic heterocycles. The average Bonchev–Trinajstić information content (AvgIpc) is 2.41. The van der Waals surface area contributed by atoms with Gasteiger partial charge in [-0.25, -0.2) is 0 Å². The van der Waals surface area contributed by atoms with E-state index in [9.17, 15) is 5.11 Å². The number of nitrogens with zero attached hydrogens (tertiary/aromatic N) is 1. The van der Waals surface area contributed by atoms with E-state index in [1.54, 1.807) is 6.92 Å². The van der Waals surface area contributed by atoms with Gasteiger partial charge in [0.15, 0.2) is 0 Å². The van der Waals surface area contributed by atoms with E-state index in [0.29, 0.717) is 0 Å². The number of benzene rings is 2. The van der Waals surface area contributed by atoms with E-state index in [0.717, 1.165) is 22.8 Å². The molecule has 0 amide bonds. The normalized spacial score (nSPS) is 12.2. The van der Waals surface area contributed by atoms with Crippen molar-refractivity contribution in [1.29, 1.82) is 0 Å². The molecule has 2 aromatic rings. The molecule has 0 saturated heterocycles. The van der Waals surface area contributed by atoms with Crippen LogP contribution >= 0.6 is 11.6 Å². The smallest absolute Gasteiger partial charge is 0.0761 e. The summed E-state index contributed by atoms with van der Waals surface area (Å²) < 4.78 is 0. The lowest BCUT2D eigenvalue weighted by atomic mass is 10.1. The highest BCUT2D eigenvalue weighted by molar-refractivity contribution is 6.30. The van der Waals surface area contributed by atoms with Crippen LogP contribution in [-0.2, 0) is 6.54 Å². The molecule has 0 aliphatic carbocycles. The second-order valence-corrected chi connectivity index (χ2v) is 5.19. The lowest BCUT2D eigenvalue weighted by molar-refractivity contribution is 0.199. The Morgan fingerprint density at radius 1 is 1.05 bits per heavy atom. The molecule has 1 atom stereocenters. The van der Waals surface area contributed by atoms with Crippen molar-refractivity contribution in [1.82, 2.24) is 0 Å². The van der Waals surface area contributed by atoms with E-state index < -0.39 is 6.10 Å². The fraction of sp³-hybridized carbons (Fsp3) is 0.250. The van der Waals surface area contributed by atoms with Gasteiger partial charge in [0.05, 0.1) is 6.10 Å². The van der Waals surface area contributed by atoms with Gasteiger partial charge in [0.1, 0.15) is 0 Å². The third-order valence-electron chi connectivity index (χ3n) is 3.15. The molecule has 0 fully saturated rings. The first-order valence-electron chi connectivity index (χ1n) is 6.30. The third-order valence-corrected chi connectivity index (χ3v) is 3.40. The van der Waals surface area contributed by atoms with Gasteiger partial charge in [-0.1, -0.05) is 35.9 Å². The summed E-state index contributed by atoms with van der Waals surface area (Å²) >= 11 is 5.87. The topological polar surface area (TPSA) is 23.5 Å². The van der Waals surface area contributed by atoms with Gasteiger partial charge >= 0.3 is 0 Å². The monoisotopic (exact) mass is 275 g/mol. The van der Waals surface area contributed by atoms with Crippen molar-refractivity contribution >= 4 is 17.3 Å². The Balaban J connectivity index is 2.07. The minimum atomic E-state index is -0.421. The molecule has 0 heterocycles. The first-order valence-corrected chi connectivity index (χ1v) is 6.67. The second-order valence-electron chi connectivity index (χ2n) is 4.75. The fourth-order valence-electron chi connectivity index (χ4n) is 1.96. The lowest BCUT2D eigenvalue weighted by Crippen LogP contribution is -2.16. The number of rotatable bonds is 4. The first-order chi connectivity index (χ1) is 9.06. The number of aliphatic hydroxyl groups excluding tert-OH is 1. The van der Waals surface area contributed by atoms with Gasteiger partial charge in [-0.3, -0.25) is 0 Å². The highest BCUT2D eigenvalue weighted by atomic mass is 35.5. The molecule has 0 aliphatic rings. The summed E-state index contributed by atoms with van der Waals surface area (Å²) in [4.78, 5) is 2.16. The van der Waals surface area contributed by atoms with Gasteiger partial charge in [-0.2, -0.15) is 0 Å². The zero-order valence-corrected chi connectivity index (χ0v) is 11.9. The van der Waals surface area contributed by atoms with Crippen LogP contribution in [0.15, 0.2) is 48.5 Å². The van der Waals surface area contributed by atoms with Crippen LogP contribution in [-0.4, -0.2) is 12.2 Å². The van der Waals surface area contributed by atoms with E-state index >= 15 is 0 Å². The molecule has 0 spiro atoms. The molecule has 2 nitrogen and oxygen atoms in total. The summed E-state index contributed by atoms with van der Waals surface area (Å²) in [5.74, 6) is 0. The molecule has 2 aromatic carbocycles. The Morgan fingerprint density at radius 2 is 1.63 bits per heavy atom. The quantitative estimate of drug-likeness (QED) is 0.911. The van der Waals surface area contributed by atoms with Crippen LogP contribution in [0, 0.1) is 0 Å². The van der Waals surface area contributed by atoms with Crippen molar-refractivity contribution in [2.24, 2.45) is 0 Å². The summed E-state index contributed by atoms with van der Waals surface area (Å²) in [6.45, 7) is 2.59. The maximum Gasteiger partial charge on any atom is 0.0761 e. The van der Waals surface area contributed by atoms with Crippen LogP contribution < -0.4 is 4.90 Å². The standard InChI is InChI=1S/C16H18ClNO/c1-12(19)14-5-9-16(10-6-14)18(2)11-13-3-7-15(17)8-4-13/h3-10,12,19H,11H2,1-2H3/t12-/m0/s1. The highest BCUT2D eigenvalue weighted by Gasteiger charge is 2.04. The molecule has 100 valence electrons. The van der Waals surface area contributed by atoms with Gasteiger partial charge < -0.3 is 10.0 Å². The van der Waals surface area contributed by atoms with E-state index in [-0.39, 0.29) is 0 Å². The molecule has 0 bridgehead atoms. The Morgan fingerprint density at radius 3 is 2.16 bits per heavy atom. The van der Waals surface area contributed by atoms with Crippen molar-refractivity contribution in [3.8, 4) is 0 Å². The first kappa shape index (κ1) is 13.9. The van der Waals surface area contributed by atoms with E-state index in [1.807, 2.05) is 55.6 Å². The predicted molar refractivity (Wildman–Crippen MR) is 80.6 cm³/mol. The summed E-state index contributed by atoms with van der Waals surface area (Å²) in [7, 11) is 2.05. The lowest BCUT2D eigenvalue weighted by Gasteiger charge is -2.20. The SMILES string of the molecule is C[C@H](O)c1ccc(N(C)Cc2ccc(Cl)cc2)cc1. The number of hydrogen-bond donors (Lipinski definition) is 1. The number of hydrogen-bond acceptors (Lipinski definition) is 2. The maximum absolute atomic E-state index is 9.49. The fourth-order valence-corrected chi connectivity index (χ4v) is 2.09. The van der Waals surface area contributed by atoms with Gasteiger partial charge in [-0.05, 0) is 42.3 Å². The molecule has 19 heavy (non-hydrogen) atoms. The van der Waals surface area contributed by atoms with Crippen molar-refractivity contribution in [2.45, 2.75) is 19.6 Å². The van der Waals surface area contributed by atoms with Gasteiger partial charge in [0.25, 0.3) is 0 Å². The average molecular weight is 276 g/mol. The van der Waals surface area contributed by atoms with Crippen LogP contribution in [0.3, 0.4) is 0 Å². The minimum Gasteiger partial charge on any atom is -0.389 e. The molecule has 0 saturated carbocycles. The van der Waals surface area contributed by atoms with Gasteiger partial charge in [0.2, 0.25) is 0 Å². The number of aliphatic hydroxyl groups is 1. The molecular formula is C16H18ClNO. The Bertz CT molecular complexity index is 519. The molecule has 3 heteroatoms. The van der Waals surface area contributed by atoms with Crippen molar-refractivity contribution in [3.63, 3.8) is 0 Å². The van der Waals surface area contributed by atoms with Crippen molar-refractivity contribution in [2.75, 3.05) is 11.9 Å². The molecule has 2 rings (SSSR count). The zero-order chi connectivity index (χ0) is 13.8. The van der Waals surface area contributed by atoms with Crippen LogP contribution in [0.2, 0.25) is 5.02 Å². The van der Waals surface area contributed by atoms with Crippen LogP contribution in [0.5, 0.6) is 0 Å². The molecule has 0 unspecified atom stereocenters. The Kier molecular flexibility index (Phi) is 4.46. The Hall–Kier alpha value is -1.51. The van der Waals surface area contributed by atoms with E-state index in [4.69, 9.17) is 11.6 Å². The Labute approximate surface area is 119 Å². The summed E-state index contributed by atoms with van der Waals surface area (Å²) in [6.07, 6.45) is -0.421. The molecular weight excluding hydrogens is 258 g/mol. The van der Waals surface area contributed by atoms with Gasteiger partial charge in [0, 0.05) is 24.3 Å². The zero-order valence-electron chi connectivity index (χ0n) is 11.2. The van der Waals surface area contributed by atoms with Crippen molar-refractivity contribution in [3.05, 3.63) is 64.7 Å². The largest absolute Gasteiger partial charge is 0.389 e. The van der Waals surface area contributed by atoms with Crippen molar-refractivity contribution < 1.29 is 5.11 Å².